The fourth-order valence-electron chi connectivity index (χ4n) is 2.19. The molecule has 0 radical (unpaired) electrons. The number of nitrogens with zero attached hydrogens (tertiary/aromatic N) is 2. The van der Waals surface area contributed by atoms with E-state index in [-0.39, 0.29) is 6.04 Å². The molecule has 54 valence electrons. The standard InChI is InChI=1S/C7H11N3/c8-4-10-5-1-2-7(10)6(9)3-5/h5-7H,1-3,9H2/t5?,6-,7?/m1/s1. The van der Waals surface area contributed by atoms with E-state index in [1.54, 1.807) is 0 Å². The SMILES string of the molecule is N#CN1C2CCC1[C@H](N)C2. The highest BCUT2D eigenvalue weighted by Gasteiger charge is 2.44. The summed E-state index contributed by atoms with van der Waals surface area (Å²) >= 11 is 0. The highest BCUT2D eigenvalue weighted by Crippen LogP contribution is 2.35. The van der Waals surface area contributed by atoms with E-state index in [4.69, 9.17) is 11.0 Å². The third kappa shape index (κ3) is 0.572. The zero-order valence-corrected chi connectivity index (χ0v) is 5.83. The first-order valence-corrected chi connectivity index (χ1v) is 3.76. The topological polar surface area (TPSA) is 53.0 Å². The van der Waals surface area contributed by atoms with Crippen LogP contribution in [0.2, 0.25) is 0 Å². The van der Waals surface area contributed by atoms with E-state index in [9.17, 15) is 0 Å². The molecule has 3 atom stereocenters. The van der Waals surface area contributed by atoms with Crippen molar-refractivity contribution in [2.24, 2.45) is 5.73 Å². The van der Waals surface area contributed by atoms with Crippen LogP contribution in [0.4, 0.5) is 0 Å². The molecule has 0 aliphatic carbocycles. The Kier molecular flexibility index (Phi) is 1.12. The van der Waals surface area contributed by atoms with E-state index in [1.807, 2.05) is 4.90 Å². The first-order valence-electron chi connectivity index (χ1n) is 3.76. The summed E-state index contributed by atoms with van der Waals surface area (Å²) in [5, 5.41) is 8.68. The Hall–Kier alpha value is -0.750. The van der Waals surface area contributed by atoms with E-state index in [1.165, 1.54) is 6.42 Å². The van der Waals surface area contributed by atoms with E-state index in [2.05, 4.69) is 6.19 Å². The predicted molar refractivity (Wildman–Crippen MR) is 36.9 cm³/mol. The van der Waals surface area contributed by atoms with Gasteiger partial charge >= 0.3 is 0 Å². The van der Waals surface area contributed by atoms with Gasteiger partial charge in [-0.05, 0) is 19.3 Å². The summed E-state index contributed by atoms with van der Waals surface area (Å²) in [4.78, 5) is 1.88. The summed E-state index contributed by atoms with van der Waals surface area (Å²) in [5.41, 5.74) is 5.79. The van der Waals surface area contributed by atoms with Crippen molar-refractivity contribution in [1.29, 1.82) is 5.26 Å². The lowest BCUT2D eigenvalue weighted by Crippen LogP contribution is -2.34. The molecule has 2 heterocycles. The van der Waals surface area contributed by atoms with Crippen LogP contribution in [0, 0.1) is 11.5 Å². The third-order valence-electron chi connectivity index (χ3n) is 2.70. The Morgan fingerprint density at radius 2 is 2.30 bits per heavy atom. The lowest BCUT2D eigenvalue weighted by atomic mass is 9.97. The van der Waals surface area contributed by atoms with Gasteiger partial charge in [-0.2, -0.15) is 5.26 Å². The molecule has 2 aliphatic heterocycles. The lowest BCUT2D eigenvalue weighted by Gasteiger charge is -2.15. The van der Waals surface area contributed by atoms with Gasteiger partial charge in [0.2, 0.25) is 0 Å². The fourth-order valence-corrected chi connectivity index (χ4v) is 2.19. The fraction of sp³-hybridized carbons (Fsp3) is 0.857. The van der Waals surface area contributed by atoms with Gasteiger partial charge < -0.3 is 10.6 Å². The van der Waals surface area contributed by atoms with Crippen LogP contribution in [-0.4, -0.2) is 23.0 Å². The minimum atomic E-state index is 0.262. The molecule has 2 aliphatic rings. The Morgan fingerprint density at radius 1 is 1.50 bits per heavy atom. The van der Waals surface area contributed by atoms with Crippen molar-refractivity contribution in [3.05, 3.63) is 0 Å². The van der Waals surface area contributed by atoms with Gasteiger partial charge in [-0.15, -0.1) is 0 Å². The minimum absolute atomic E-state index is 0.262. The van der Waals surface area contributed by atoms with Crippen LogP contribution < -0.4 is 5.73 Å². The summed E-state index contributed by atoms with van der Waals surface area (Å²) in [7, 11) is 0. The number of hydrogen-bond acceptors (Lipinski definition) is 3. The molecule has 2 fully saturated rings. The first-order chi connectivity index (χ1) is 4.83. The third-order valence-corrected chi connectivity index (χ3v) is 2.70. The maximum absolute atomic E-state index is 8.68. The molecular formula is C7H11N3. The van der Waals surface area contributed by atoms with Crippen molar-refractivity contribution < 1.29 is 0 Å². The van der Waals surface area contributed by atoms with Crippen LogP contribution in [0.5, 0.6) is 0 Å². The molecule has 2 saturated heterocycles. The first kappa shape index (κ1) is 5.99. The number of fused-ring (bicyclic) bond motifs is 2. The summed E-state index contributed by atoms with van der Waals surface area (Å²) in [5.74, 6) is 0. The van der Waals surface area contributed by atoms with Crippen molar-refractivity contribution in [2.75, 3.05) is 0 Å². The summed E-state index contributed by atoms with van der Waals surface area (Å²) in [6.45, 7) is 0. The highest BCUT2D eigenvalue weighted by atomic mass is 15.2. The van der Waals surface area contributed by atoms with Crippen molar-refractivity contribution in [1.82, 2.24) is 4.90 Å². The largest absolute Gasteiger partial charge is 0.326 e. The second-order valence-electron chi connectivity index (χ2n) is 3.21. The zero-order chi connectivity index (χ0) is 7.14. The molecule has 2 bridgehead atoms. The van der Waals surface area contributed by atoms with E-state index in [0.29, 0.717) is 12.1 Å². The molecule has 2 unspecified atom stereocenters. The summed E-state index contributed by atoms with van der Waals surface area (Å²) in [6, 6.07) is 1.11. The Labute approximate surface area is 60.4 Å². The molecule has 2 N–H and O–H groups in total. The maximum Gasteiger partial charge on any atom is 0.179 e. The number of nitrogens with two attached hydrogens (primary N) is 1. The summed E-state index contributed by atoms with van der Waals surface area (Å²) in [6.07, 6.45) is 5.53. The van der Waals surface area contributed by atoms with Gasteiger partial charge in [-0.1, -0.05) is 0 Å². The number of nitriles is 1. The van der Waals surface area contributed by atoms with Gasteiger partial charge in [0.25, 0.3) is 0 Å². The van der Waals surface area contributed by atoms with Crippen LogP contribution in [-0.2, 0) is 0 Å². The number of rotatable bonds is 0. The van der Waals surface area contributed by atoms with E-state index >= 15 is 0 Å². The molecule has 0 amide bonds. The Morgan fingerprint density at radius 3 is 2.60 bits per heavy atom. The van der Waals surface area contributed by atoms with Gasteiger partial charge in [-0.25, -0.2) is 0 Å². The van der Waals surface area contributed by atoms with Crippen molar-refractivity contribution in [3.63, 3.8) is 0 Å². The molecule has 2 rings (SSSR count). The van der Waals surface area contributed by atoms with Gasteiger partial charge in [0.1, 0.15) is 0 Å². The van der Waals surface area contributed by atoms with Gasteiger partial charge in [0, 0.05) is 12.1 Å². The lowest BCUT2D eigenvalue weighted by molar-refractivity contribution is 0.364. The Bertz CT molecular complexity index is 184. The average molecular weight is 137 g/mol. The van der Waals surface area contributed by atoms with Gasteiger partial charge in [0.15, 0.2) is 6.19 Å². The molecule has 0 aromatic carbocycles. The van der Waals surface area contributed by atoms with Gasteiger partial charge in [0.05, 0.1) is 6.04 Å². The van der Waals surface area contributed by atoms with E-state index < -0.39 is 0 Å². The average Bonchev–Trinajstić information content (AvgIpc) is 2.42. The van der Waals surface area contributed by atoms with E-state index in [0.717, 1.165) is 12.8 Å². The van der Waals surface area contributed by atoms with Crippen LogP contribution >= 0.6 is 0 Å². The van der Waals surface area contributed by atoms with Crippen LogP contribution in [0.3, 0.4) is 0 Å². The summed E-state index contributed by atoms with van der Waals surface area (Å²) < 4.78 is 0. The zero-order valence-electron chi connectivity index (χ0n) is 5.83. The highest BCUT2D eigenvalue weighted by molar-refractivity contribution is 5.06. The van der Waals surface area contributed by atoms with Crippen molar-refractivity contribution in [2.45, 2.75) is 37.4 Å². The molecule has 0 aromatic heterocycles. The van der Waals surface area contributed by atoms with Crippen molar-refractivity contribution >= 4 is 0 Å². The second-order valence-corrected chi connectivity index (χ2v) is 3.21. The molecule has 0 aromatic rings. The maximum atomic E-state index is 8.68. The van der Waals surface area contributed by atoms with Crippen LogP contribution in [0.25, 0.3) is 0 Å². The molecule has 3 heteroatoms. The number of hydrogen-bond donors (Lipinski definition) is 1. The quantitative estimate of drug-likeness (QED) is 0.479. The van der Waals surface area contributed by atoms with Crippen LogP contribution in [0.1, 0.15) is 19.3 Å². The second kappa shape index (κ2) is 1.86. The van der Waals surface area contributed by atoms with Gasteiger partial charge in [-0.3, -0.25) is 0 Å². The monoisotopic (exact) mass is 137 g/mol. The molecule has 10 heavy (non-hydrogen) atoms. The molecule has 3 nitrogen and oxygen atoms in total. The molecule has 0 spiro atoms. The smallest absolute Gasteiger partial charge is 0.179 e. The Balaban J connectivity index is 2.20. The molecular weight excluding hydrogens is 126 g/mol. The molecule has 0 saturated carbocycles. The predicted octanol–water partition coefficient (Wildman–Crippen LogP) is 0.0315. The normalized spacial score (nSPS) is 44.0. The van der Waals surface area contributed by atoms with Crippen LogP contribution in [0.15, 0.2) is 0 Å². The minimum Gasteiger partial charge on any atom is -0.326 e. The van der Waals surface area contributed by atoms with Crippen molar-refractivity contribution in [3.8, 4) is 6.19 Å².